The molecule has 2 N–H and O–H groups in total. The summed E-state index contributed by atoms with van der Waals surface area (Å²) in [5.74, 6) is 0.384. The van der Waals surface area contributed by atoms with Gasteiger partial charge in [0.15, 0.2) is 0 Å². The maximum atomic E-state index is 12.6. The van der Waals surface area contributed by atoms with E-state index in [2.05, 4.69) is 15.6 Å². The highest BCUT2D eigenvalue weighted by atomic mass is 32.1. The molecule has 0 saturated heterocycles. The van der Waals surface area contributed by atoms with Crippen molar-refractivity contribution in [3.05, 3.63) is 59.1 Å². The fourth-order valence-corrected chi connectivity index (χ4v) is 3.47. The molecule has 0 fully saturated rings. The van der Waals surface area contributed by atoms with Gasteiger partial charge >= 0.3 is 0 Å². The summed E-state index contributed by atoms with van der Waals surface area (Å²) >= 11 is 1.33. The minimum atomic E-state index is -0.216. The number of anilines is 2. The van der Waals surface area contributed by atoms with Crippen LogP contribution in [0.25, 0.3) is 10.6 Å². The molecule has 0 unspecified atom stereocenters. The van der Waals surface area contributed by atoms with E-state index in [-0.39, 0.29) is 11.8 Å². The molecule has 7 heteroatoms. The van der Waals surface area contributed by atoms with Gasteiger partial charge in [-0.25, -0.2) is 4.98 Å². The molecule has 6 nitrogen and oxygen atoms in total. The Morgan fingerprint density at radius 1 is 1.04 bits per heavy atom. The second-order valence-electron chi connectivity index (χ2n) is 5.88. The number of hydrogen-bond acceptors (Lipinski definition) is 5. The van der Waals surface area contributed by atoms with E-state index >= 15 is 0 Å². The Labute approximate surface area is 161 Å². The molecule has 0 saturated carbocycles. The van der Waals surface area contributed by atoms with Gasteiger partial charge in [-0.15, -0.1) is 11.3 Å². The van der Waals surface area contributed by atoms with Gasteiger partial charge in [0.1, 0.15) is 15.6 Å². The number of nitrogens with one attached hydrogen (secondary N) is 2. The van der Waals surface area contributed by atoms with Crippen LogP contribution in [-0.4, -0.2) is 23.9 Å². The van der Waals surface area contributed by atoms with E-state index in [1.165, 1.54) is 18.3 Å². The molecule has 27 heavy (non-hydrogen) atoms. The van der Waals surface area contributed by atoms with E-state index in [4.69, 9.17) is 4.74 Å². The largest absolute Gasteiger partial charge is 0.497 e. The third-order valence-electron chi connectivity index (χ3n) is 3.78. The molecular formula is C20H19N3O3S. The maximum absolute atomic E-state index is 12.6. The fraction of sp³-hybridized carbons (Fsp3) is 0.150. The summed E-state index contributed by atoms with van der Waals surface area (Å²) in [7, 11) is 1.61. The summed E-state index contributed by atoms with van der Waals surface area (Å²) in [5, 5.41) is 6.31. The van der Waals surface area contributed by atoms with Gasteiger partial charge in [0.2, 0.25) is 5.91 Å². The molecule has 138 valence electrons. The molecule has 2 amide bonds. The highest BCUT2D eigenvalue weighted by Crippen LogP contribution is 2.30. The highest BCUT2D eigenvalue weighted by molar-refractivity contribution is 7.17. The van der Waals surface area contributed by atoms with E-state index < -0.39 is 0 Å². The van der Waals surface area contributed by atoms with Crippen LogP contribution in [0, 0.1) is 6.92 Å². The third-order valence-corrected chi connectivity index (χ3v) is 4.99. The number of nitrogens with zero attached hydrogens (tertiary/aromatic N) is 1. The molecule has 0 aliphatic heterocycles. The molecule has 0 radical (unpaired) electrons. The van der Waals surface area contributed by atoms with Crippen LogP contribution in [0.3, 0.4) is 0 Å². The number of carbonyl (C=O) groups excluding carboxylic acids is 2. The maximum Gasteiger partial charge on any atom is 0.267 e. The van der Waals surface area contributed by atoms with Gasteiger partial charge in [0, 0.05) is 23.9 Å². The first-order valence-electron chi connectivity index (χ1n) is 8.27. The lowest BCUT2D eigenvalue weighted by atomic mass is 10.2. The summed E-state index contributed by atoms with van der Waals surface area (Å²) in [6.45, 7) is 3.26. The summed E-state index contributed by atoms with van der Waals surface area (Å²) in [6.07, 6.45) is 0. The first kappa shape index (κ1) is 18.6. The number of rotatable bonds is 5. The Morgan fingerprint density at radius 2 is 1.70 bits per heavy atom. The Bertz CT molecular complexity index is 980. The van der Waals surface area contributed by atoms with Gasteiger partial charge in [0.05, 0.1) is 12.8 Å². The van der Waals surface area contributed by atoms with Gasteiger partial charge in [-0.2, -0.15) is 0 Å². The van der Waals surface area contributed by atoms with Gasteiger partial charge < -0.3 is 15.4 Å². The van der Waals surface area contributed by atoms with E-state index in [1.807, 2.05) is 31.2 Å². The van der Waals surface area contributed by atoms with Crippen LogP contribution in [0.1, 0.15) is 22.3 Å². The Hall–Kier alpha value is -3.19. The third kappa shape index (κ3) is 4.51. The van der Waals surface area contributed by atoms with Crippen LogP contribution in [0.2, 0.25) is 0 Å². The fourth-order valence-electron chi connectivity index (χ4n) is 2.51. The summed E-state index contributed by atoms with van der Waals surface area (Å²) in [6, 6.07) is 14.5. The number of hydrogen-bond donors (Lipinski definition) is 2. The van der Waals surface area contributed by atoms with Crippen molar-refractivity contribution in [1.82, 2.24) is 4.98 Å². The number of ether oxygens (including phenoxy) is 1. The summed E-state index contributed by atoms with van der Waals surface area (Å²) in [4.78, 5) is 28.8. The highest BCUT2D eigenvalue weighted by Gasteiger charge is 2.17. The first-order chi connectivity index (χ1) is 13.0. The summed E-state index contributed by atoms with van der Waals surface area (Å²) < 4.78 is 5.24. The number of aryl methyl sites for hydroxylation is 1. The summed E-state index contributed by atoms with van der Waals surface area (Å²) in [5.41, 5.74) is 2.89. The zero-order valence-electron chi connectivity index (χ0n) is 15.2. The second-order valence-corrected chi connectivity index (χ2v) is 6.88. The predicted molar refractivity (Wildman–Crippen MR) is 108 cm³/mol. The Kier molecular flexibility index (Phi) is 5.52. The molecular weight excluding hydrogens is 362 g/mol. The van der Waals surface area contributed by atoms with Crippen molar-refractivity contribution in [1.29, 1.82) is 0 Å². The molecule has 3 rings (SSSR count). The zero-order chi connectivity index (χ0) is 19.4. The molecule has 1 heterocycles. The van der Waals surface area contributed by atoms with E-state index in [9.17, 15) is 9.59 Å². The Balaban J connectivity index is 1.77. The first-order valence-corrected chi connectivity index (χ1v) is 9.09. The molecule has 0 aliphatic carbocycles. The smallest absolute Gasteiger partial charge is 0.267 e. The van der Waals surface area contributed by atoms with Crippen molar-refractivity contribution in [3.8, 4) is 16.3 Å². The van der Waals surface area contributed by atoms with Crippen LogP contribution in [0.15, 0.2) is 48.5 Å². The number of benzene rings is 2. The molecule has 0 aliphatic rings. The van der Waals surface area contributed by atoms with Crippen molar-refractivity contribution in [3.63, 3.8) is 0 Å². The monoisotopic (exact) mass is 381 g/mol. The van der Waals surface area contributed by atoms with Crippen molar-refractivity contribution in [2.24, 2.45) is 0 Å². The standard InChI is InChI=1S/C20H19N3O3S/c1-12-18(27-20(21-12)14-5-4-6-17(11-14)26-3)19(25)23-16-9-7-15(8-10-16)22-13(2)24/h4-11H,1-3H3,(H,22,24)(H,23,25). The van der Waals surface area contributed by atoms with E-state index in [1.54, 1.807) is 31.4 Å². The minimum absolute atomic E-state index is 0.142. The van der Waals surface area contributed by atoms with E-state index in [0.29, 0.717) is 21.9 Å². The molecule has 3 aromatic rings. The van der Waals surface area contributed by atoms with Crippen molar-refractivity contribution < 1.29 is 14.3 Å². The molecule has 0 spiro atoms. The lowest BCUT2D eigenvalue weighted by molar-refractivity contribution is -0.114. The molecule has 2 aromatic carbocycles. The lowest BCUT2D eigenvalue weighted by Crippen LogP contribution is -2.11. The normalized spacial score (nSPS) is 10.3. The Morgan fingerprint density at radius 3 is 2.33 bits per heavy atom. The molecule has 0 atom stereocenters. The van der Waals surface area contributed by atoms with Gasteiger partial charge in [-0.3, -0.25) is 9.59 Å². The quantitative estimate of drug-likeness (QED) is 0.689. The zero-order valence-corrected chi connectivity index (χ0v) is 16.0. The van der Waals surface area contributed by atoms with Crippen LogP contribution in [-0.2, 0) is 4.79 Å². The lowest BCUT2D eigenvalue weighted by Gasteiger charge is -2.06. The van der Waals surface area contributed by atoms with E-state index in [0.717, 1.165) is 16.3 Å². The van der Waals surface area contributed by atoms with Gasteiger partial charge in [0.25, 0.3) is 5.91 Å². The van der Waals surface area contributed by atoms with Crippen LogP contribution in [0.4, 0.5) is 11.4 Å². The van der Waals surface area contributed by atoms with Gasteiger partial charge in [-0.05, 0) is 43.3 Å². The predicted octanol–water partition coefficient (Wildman–Crippen LogP) is 4.34. The minimum Gasteiger partial charge on any atom is -0.497 e. The van der Waals surface area contributed by atoms with Gasteiger partial charge in [-0.1, -0.05) is 12.1 Å². The topological polar surface area (TPSA) is 80.3 Å². The molecule has 1 aromatic heterocycles. The number of amides is 2. The SMILES string of the molecule is COc1cccc(-c2nc(C)c(C(=O)Nc3ccc(NC(C)=O)cc3)s2)c1. The van der Waals surface area contributed by atoms with Crippen LogP contribution in [0.5, 0.6) is 5.75 Å². The number of aromatic nitrogens is 1. The van der Waals surface area contributed by atoms with Crippen molar-refractivity contribution in [2.45, 2.75) is 13.8 Å². The van der Waals surface area contributed by atoms with Crippen LogP contribution >= 0.6 is 11.3 Å². The van der Waals surface area contributed by atoms with Crippen molar-refractivity contribution >= 4 is 34.5 Å². The second kappa shape index (κ2) is 8.01. The average Bonchev–Trinajstić information content (AvgIpc) is 3.05. The van der Waals surface area contributed by atoms with Crippen molar-refractivity contribution in [2.75, 3.05) is 17.7 Å². The number of carbonyl (C=O) groups is 2. The average molecular weight is 381 g/mol. The number of thiazole rings is 1. The van der Waals surface area contributed by atoms with Crippen LogP contribution < -0.4 is 15.4 Å². The molecule has 0 bridgehead atoms. The number of methoxy groups -OCH3 is 1.